The molecule has 3 nitrogen and oxygen atoms in total. The number of amides is 1. The summed E-state index contributed by atoms with van der Waals surface area (Å²) in [7, 11) is 0. The van der Waals surface area contributed by atoms with Crippen LogP contribution in [-0.4, -0.2) is 42.2 Å². The smallest absolute Gasteiger partial charge is 0.338 e. The summed E-state index contributed by atoms with van der Waals surface area (Å²) in [6.07, 6.45) is -2.71. The Morgan fingerprint density at radius 2 is 2.06 bits per heavy atom. The molecule has 1 aliphatic rings. The van der Waals surface area contributed by atoms with Gasteiger partial charge in [-0.15, -0.1) is 0 Å². The first-order valence-corrected chi connectivity index (χ1v) is 6.39. The van der Waals surface area contributed by atoms with Gasteiger partial charge in [-0.2, -0.15) is 13.2 Å². The van der Waals surface area contributed by atoms with E-state index in [-0.39, 0.29) is 12.1 Å². The molecule has 1 heterocycles. The minimum atomic E-state index is -4.43. The second-order valence-corrected chi connectivity index (χ2v) is 5.08. The molecule has 0 radical (unpaired) electrons. The van der Waals surface area contributed by atoms with Crippen molar-refractivity contribution in [2.75, 3.05) is 13.1 Å². The highest BCUT2D eigenvalue weighted by Gasteiger charge is 2.34. The Balaban J connectivity index is 2.55. The molecule has 1 unspecified atom stereocenters. The van der Waals surface area contributed by atoms with E-state index in [1.165, 1.54) is 4.90 Å². The molecule has 1 amide bonds. The van der Waals surface area contributed by atoms with Crippen LogP contribution in [0.3, 0.4) is 0 Å². The van der Waals surface area contributed by atoms with Crippen molar-refractivity contribution in [3.05, 3.63) is 0 Å². The van der Waals surface area contributed by atoms with Crippen molar-refractivity contribution in [3.63, 3.8) is 0 Å². The maximum absolute atomic E-state index is 12.2. The monoisotopic (exact) mass is 266 g/mol. The third-order valence-corrected chi connectivity index (χ3v) is 3.12. The van der Waals surface area contributed by atoms with E-state index in [0.717, 1.165) is 25.8 Å². The second kappa shape index (κ2) is 6.41. The van der Waals surface area contributed by atoms with Gasteiger partial charge in [-0.1, -0.05) is 6.42 Å². The lowest BCUT2D eigenvalue weighted by Gasteiger charge is -2.33. The number of nitrogens with one attached hydrogen (secondary N) is 1. The number of nitrogens with zero attached hydrogens (tertiary/aromatic N) is 1. The van der Waals surface area contributed by atoms with Crippen molar-refractivity contribution in [2.24, 2.45) is 0 Å². The van der Waals surface area contributed by atoms with Gasteiger partial charge < -0.3 is 10.2 Å². The minimum Gasteiger partial charge on any atom is -0.338 e. The zero-order valence-corrected chi connectivity index (χ0v) is 10.9. The fourth-order valence-electron chi connectivity index (χ4n) is 2.19. The summed E-state index contributed by atoms with van der Waals surface area (Å²) in [5.41, 5.74) is 0. The van der Waals surface area contributed by atoms with Crippen molar-refractivity contribution in [1.29, 1.82) is 0 Å². The molecule has 1 atom stereocenters. The first-order valence-electron chi connectivity index (χ1n) is 6.39. The molecule has 0 aromatic heterocycles. The topological polar surface area (TPSA) is 32.3 Å². The standard InChI is InChI=1S/C12H21F3N2O/c1-9(2)17(11(18)7-12(13,14)15)8-10-5-3-4-6-16-10/h9-10,16H,3-8H2,1-2H3. The van der Waals surface area contributed by atoms with Gasteiger partial charge in [-0.25, -0.2) is 0 Å². The third-order valence-electron chi connectivity index (χ3n) is 3.12. The minimum absolute atomic E-state index is 0.123. The van der Waals surface area contributed by atoms with Crippen LogP contribution in [0.25, 0.3) is 0 Å². The molecule has 0 spiro atoms. The summed E-state index contributed by atoms with van der Waals surface area (Å²) in [4.78, 5) is 13.0. The number of halogens is 3. The Morgan fingerprint density at radius 3 is 2.50 bits per heavy atom. The molecule has 1 fully saturated rings. The van der Waals surface area contributed by atoms with Crippen LogP contribution in [0.4, 0.5) is 13.2 Å². The lowest BCUT2D eigenvalue weighted by atomic mass is 10.0. The Bertz CT molecular complexity index is 273. The Morgan fingerprint density at radius 1 is 1.39 bits per heavy atom. The second-order valence-electron chi connectivity index (χ2n) is 5.08. The van der Waals surface area contributed by atoms with Gasteiger partial charge >= 0.3 is 6.18 Å². The van der Waals surface area contributed by atoms with Crippen LogP contribution in [0.5, 0.6) is 0 Å². The number of carbonyl (C=O) groups is 1. The molecule has 0 aromatic rings. The normalized spacial score (nSPS) is 21.1. The molecule has 0 aliphatic carbocycles. The molecule has 1 N–H and O–H groups in total. The Kier molecular flexibility index (Phi) is 5.44. The summed E-state index contributed by atoms with van der Waals surface area (Å²) >= 11 is 0. The molecule has 18 heavy (non-hydrogen) atoms. The van der Waals surface area contributed by atoms with Crippen LogP contribution >= 0.6 is 0 Å². The third kappa shape index (κ3) is 5.25. The highest BCUT2D eigenvalue weighted by molar-refractivity contribution is 5.77. The molecule has 0 aromatic carbocycles. The molecule has 0 saturated carbocycles. The number of carbonyl (C=O) groups excluding carboxylic acids is 1. The molecule has 1 rings (SSSR count). The SMILES string of the molecule is CC(C)N(CC1CCCCN1)C(=O)CC(F)(F)F. The highest BCUT2D eigenvalue weighted by Crippen LogP contribution is 2.22. The summed E-state index contributed by atoms with van der Waals surface area (Å²) in [5, 5.41) is 3.25. The molecular formula is C12H21F3N2O. The number of hydrogen-bond acceptors (Lipinski definition) is 2. The summed E-state index contributed by atoms with van der Waals surface area (Å²) in [5.74, 6) is -0.829. The molecular weight excluding hydrogens is 245 g/mol. The van der Waals surface area contributed by atoms with Gasteiger partial charge in [0.15, 0.2) is 0 Å². The lowest BCUT2D eigenvalue weighted by molar-refractivity contribution is -0.162. The largest absolute Gasteiger partial charge is 0.397 e. The molecule has 0 bridgehead atoms. The van der Waals surface area contributed by atoms with Gasteiger partial charge in [0.2, 0.25) is 5.91 Å². The van der Waals surface area contributed by atoms with Gasteiger partial charge in [0, 0.05) is 18.6 Å². The van der Waals surface area contributed by atoms with Crippen molar-refractivity contribution < 1.29 is 18.0 Å². The number of piperidine rings is 1. The van der Waals surface area contributed by atoms with E-state index in [0.29, 0.717) is 6.54 Å². The predicted octanol–water partition coefficient (Wildman–Crippen LogP) is 2.32. The van der Waals surface area contributed by atoms with Crippen molar-refractivity contribution in [3.8, 4) is 0 Å². The summed E-state index contributed by atoms with van der Waals surface area (Å²) in [6.45, 7) is 4.74. The number of alkyl halides is 3. The van der Waals surface area contributed by atoms with E-state index in [1.807, 2.05) is 0 Å². The quantitative estimate of drug-likeness (QED) is 0.847. The molecule has 1 saturated heterocycles. The van der Waals surface area contributed by atoms with Gasteiger partial charge in [0.05, 0.1) is 0 Å². The zero-order chi connectivity index (χ0) is 13.8. The van der Waals surface area contributed by atoms with Crippen LogP contribution in [0, 0.1) is 0 Å². The van der Waals surface area contributed by atoms with E-state index >= 15 is 0 Å². The van der Waals surface area contributed by atoms with Crippen LogP contribution in [-0.2, 0) is 4.79 Å². The van der Waals surface area contributed by atoms with Crippen molar-refractivity contribution in [1.82, 2.24) is 10.2 Å². The van der Waals surface area contributed by atoms with E-state index in [4.69, 9.17) is 0 Å². The Labute approximate surface area is 106 Å². The van der Waals surface area contributed by atoms with E-state index in [1.54, 1.807) is 13.8 Å². The summed E-state index contributed by atoms with van der Waals surface area (Å²) < 4.78 is 36.7. The maximum Gasteiger partial charge on any atom is 0.397 e. The molecule has 1 aliphatic heterocycles. The van der Waals surface area contributed by atoms with E-state index in [9.17, 15) is 18.0 Å². The Hall–Kier alpha value is -0.780. The average Bonchev–Trinajstić information content (AvgIpc) is 2.24. The maximum atomic E-state index is 12.2. The van der Waals surface area contributed by atoms with Crippen molar-refractivity contribution >= 4 is 5.91 Å². The van der Waals surface area contributed by atoms with Gasteiger partial charge in [-0.05, 0) is 33.2 Å². The van der Waals surface area contributed by atoms with E-state index < -0.39 is 18.5 Å². The predicted molar refractivity (Wildman–Crippen MR) is 63.2 cm³/mol. The first kappa shape index (κ1) is 15.3. The number of hydrogen-bond donors (Lipinski definition) is 1. The van der Waals surface area contributed by atoms with Crippen LogP contribution < -0.4 is 5.32 Å². The van der Waals surface area contributed by atoms with Gasteiger partial charge in [0.1, 0.15) is 6.42 Å². The van der Waals surface area contributed by atoms with Crippen LogP contribution in [0.2, 0.25) is 0 Å². The van der Waals surface area contributed by atoms with Crippen molar-refractivity contribution in [2.45, 2.75) is 57.8 Å². The number of rotatable bonds is 4. The zero-order valence-electron chi connectivity index (χ0n) is 10.9. The fraction of sp³-hybridized carbons (Fsp3) is 0.917. The highest BCUT2D eigenvalue weighted by atomic mass is 19.4. The lowest BCUT2D eigenvalue weighted by Crippen LogP contribution is -2.49. The van der Waals surface area contributed by atoms with Crippen LogP contribution in [0.1, 0.15) is 39.5 Å². The molecule has 106 valence electrons. The fourth-order valence-corrected chi connectivity index (χ4v) is 2.19. The van der Waals surface area contributed by atoms with E-state index in [2.05, 4.69) is 5.32 Å². The van der Waals surface area contributed by atoms with Gasteiger partial charge in [-0.3, -0.25) is 4.79 Å². The van der Waals surface area contributed by atoms with Crippen LogP contribution in [0.15, 0.2) is 0 Å². The summed E-state index contributed by atoms with van der Waals surface area (Å²) in [6, 6.07) is -0.0816. The average molecular weight is 266 g/mol. The molecule has 6 heteroatoms. The first-order chi connectivity index (χ1) is 8.29. The van der Waals surface area contributed by atoms with Gasteiger partial charge in [0.25, 0.3) is 0 Å².